The Labute approximate surface area is 123 Å². The van der Waals surface area contributed by atoms with Crippen molar-refractivity contribution in [3.63, 3.8) is 0 Å². The zero-order valence-corrected chi connectivity index (χ0v) is 12.5. The maximum Gasteiger partial charge on any atom is 0.129 e. The van der Waals surface area contributed by atoms with Crippen molar-refractivity contribution in [2.45, 2.75) is 32.9 Å². The summed E-state index contributed by atoms with van der Waals surface area (Å²) in [6, 6.07) is 4.60. The minimum atomic E-state index is -0.280. The van der Waals surface area contributed by atoms with E-state index in [1.54, 1.807) is 18.3 Å². The maximum absolute atomic E-state index is 14.1. The summed E-state index contributed by atoms with van der Waals surface area (Å²) in [5.74, 6) is 0.649. The average Bonchev–Trinajstić information content (AvgIpc) is 2.86. The summed E-state index contributed by atoms with van der Waals surface area (Å²) in [5.41, 5.74) is 0.515. The Hall–Kier alpha value is -1.39. The molecule has 1 N–H and O–H groups in total. The molecule has 1 unspecified atom stereocenters. The number of likely N-dealkylation sites (N-methyl/N-ethyl adjacent to an activating group) is 1. The van der Waals surface area contributed by atoms with Crippen LogP contribution in [-0.2, 0) is 13.0 Å². The van der Waals surface area contributed by atoms with Gasteiger partial charge in [0.25, 0.3) is 0 Å². The van der Waals surface area contributed by atoms with Crippen LogP contribution in [0.4, 0.5) is 4.39 Å². The lowest BCUT2D eigenvalue weighted by molar-refractivity contribution is 0.492. The van der Waals surface area contributed by atoms with E-state index < -0.39 is 0 Å². The van der Waals surface area contributed by atoms with E-state index in [9.17, 15) is 4.39 Å². The van der Waals surface area contributed by atoms with Crippen molar-refractivity contribution in [2.75, 3.05) is 6.54 Å². The van der Waals surface area contributed by atoms with Crippen molar-refractivity contribution in [3.05, 3.63) is 52.8 Å². The standard InChI is InChI=1S/C15H19ClFN3/c1-3-18-13(10-14-19-8-9-20(14)4-2)15-11(16)6-5-7-12(15)17/h5-9,13,18H,3-4,10H2,1-2H3. The molecule has 2 rings (SSSR count). The normalized spacial score (nSPS) is 12.6. The van der Waals surface area contributed by atoms with Crippen molar-refractivity contribution in [2.24, 2.45) is 0 Å². The molecule has 20 heavy (non-hydrogen) atoms. The number of aromatic nitrogens is 2. The summed E-state index contributed by atoms with van der Waals surface area (Å²) < 4.78 is 16.1. The SMILES string of the molecule is CCNC(Cc1nccn1CC)c1c(F)cccc1Cl. The van der Waals surface area contributed by atoms with Gasteiger partial charge in [0.2, 0.25) is 0 Å². The number of rotatable bonds is 6. The van der Waals surface area contributed by atoms with E-state index in [0.29, 0.717) is 17.0 Å². The molecule has 0 radical (unpaired) electrons. The Bertz CT molecular complexity index is 548. The van der Waals surface area contributed by atoms with Crippen LogP contribution in [-0.4, -0.2) is 16.1 Å². The van der Waals surface area contributed by atoms with Gasteiger partial charge < -0.3 is 9.88 Å². The third-order valence-electron chi connectivity index (χ3n) is 3.33. The second-order valence-corrected chi connectivity index (χ2v) is 4.99. The van der Waals surface area contributed by atoms with Gasteiger partial charge in [0.05, 0.1) is 0 Å². The fourth-order valence-corrected chi connectivity index (χ4v) is 2.66. The summed E-state index contributed by atoms with van der Waals surface area (Å²) in [4.78, 5) is 4.35. The first-order valence-corrected chi connectivity index (χ1v) is 7.22. The molecular weight excluding hydrogens is 277 g/mol. The van der Waals surface area contributed by atoms with Crippen molar-refractivity contribution in [3.8, 4) is 0 Å². The summed E-state index contributed by atoms with van der Waals surface area (Å²) in [6.07, 6.45) is 4.31. The first-order valence-electron chi connectivity index (χ1n) is 6.84. The number of nitrogens with zero attached hydrogens (tertiary/aromatic N) is 2. The summed E-state index contributed by atoms with van der Waals surface area (Å²) in [5, 5.41) is 3.74. The van der Waals surface area contributed by atoms with Crippen LogP contribution in [0.15, 0.2) is 30.6 Å². The first kappa shape index (κ1) is 15.0. The van der Waals surface area contributed by atoms with E-state index in [4.69, 9.17) is 11.6 Å². The van der Waals surface area contributed by atoms with Gasteiger partial charge in [-0.1, -0.05) is 24.6 Å². The zero-order chi connectivity index (χ0) is 14.5. The van der Waals surface area contributed by atoms with Crippen LogP contribution < -0.4 is 5.32 Å². The van der Waals surface area contributed by atoms with Crippen LogP contribution in [0.25, 0.3) is 0 Å². The predicted octanol–water partition coefficient (Wildman–Crippen LogP) is 3.59. The van der Waals surface area contributed by atoms with Crippen molar-refractivity contribution in [1.82, 2.24) is 14.9 Å². The molecule has 0 aliphatic rings. The largest absolute Gasteiger partial charge is 0.335 e. The second kappa shape index (κ2) is 6.86. The number of halogens is 2. The van der Waals surface area contributed by atoms with E-state index in [1.807, 2.05) is 13.1 Å². The van der Waals surface area contributed by atoms with E-state index >= 15 is 0 Å². The number of hydrogen-bond donors (Lipinski definition) is 1. The van der Waals surface area contributed by atoms with Crippen LogP contribution >= 0.6 is 11.6 Å². The fourth-order valence-electron chi connectivity index (χ4n) is 2.37. The molecule has 5 heteroatoms. The molecule has 1 atom stereocenters. The van der Waals surface area contributed by atoms with Gasteiger partial charge in [-0.15, -0.1) is 0 Å². The van der Waals surface area contributed by atoms with Crippen LogP contribution in [0.3, 0.4) is 0 Å². The molecule has 0 bridgehead atoms. The summed E-state index contributed by atoms with van der Waals surface area (Å²) in [6.45, 7) is 5.64. The monoisotopic (exact) mass is 295 g/mol. The van der Waals surface area contributed by atoms with Gasteiger partial charge in [-0.05, 0) is 25.6 Å². The third kappa shape index (κ3) is 3.19. The number of benzene rings is 1. The molecule has 0 fully saturated rings. The smallest absolute Gasteiger partial charge is 0.129 e. The highest BCUT2D eigenvalue weighted by Crippen LogP contribution is 2.28. The van der Waals surface area contributed by atoms with Gasteiger partial charge in [0, 0.05) is 42.0 Å². The van der Waals surface area contributed by atoms with E-state index in [0.717, 1.165) is 18.9 Å². The molecular formula is C15H19ClFN3. The Morgan fingerprint density at radius 3 is 2.85 bits per heavy atom. The fraction of sp³-hybridized carbons (Fsp3) is 0.400. The predicted molar refractivity (Wildman–Crippen MR) is 79.4 cm³/mol. The molecule has 2 aromatic rings. The molecule has 0 aliphatic carbocycles. The lowest BCUT2D eigenvalue weighted by atomic mass is 10.0. The summed E-state index contributed by atoms with van der Waals surface area (Å²) >= 11 is 6.17. The highest BCUT2D eigenvalue weighted by atomic mass is 35.5. The molecule has 1 aromatic heterocycles. The minimum absolute atomic E-state index is 0.179. The molecule has 1 heterocycles. The molecule has 0 amide bonds. The molecule has 0 spiro atoms. The van der Waals surface area contributed by atoms with Crippen LogP contribution in [0.5, 0.6) is 0 Å². The van der Waals surface area contributed by atoms with Crippen molar-refractivity contribution >= 4 is 11.6 Å². The molecule has 0 saturated carbocycles. The Morgan fingerprint density at radius 1 is 1.40 bits per heavy atom. The maximum atomic E-state index is 14.1. The van der Waals surface area contributed by atoms with Gasteiger partial charge in [-0.25, -0.2) is 9.37 Å². The Morgan fingerprint density at radius 2 is 2.20 bits per heavy atom. The molecule has 0 aliphatic heterocycles. The van der Waals surface area contributed by atoms with Crippen molar-refractivity contribution in [1.29, 1.82) is 0 Å². The van der Waals surface area contributed by atoms with E-state index in [2.05, 4.69) is 21.8 Å². The first-order chi connectivity index (χ1) is 9.67. The number of aryl methyl sites for hydroxylation is 1. The molecule has 1 aromatic carbocycles. The van der Waals surface area contributed by atoms with Crippen LogP contribution in [0, 0.1) is 5.82 Å². The number of nitrogens with one attached hydrogen (secondary N) is 1. The average molecular weight is 296 g/mol. The second-order valence-electron chi connectivity index (χ2n) is 4.58. The Kier molecular flexibility index (Phi) is 5.15. The topological polar surface area (TPSA) is 29.9 Å². The van der Waals surface area contributed by atoms with Gasteiger partial charge in [0.15, 0.2) is 0 Å². The van der Waals surface area contributed by atoms with Gasteiger partial charge in [0.1, 0.15) is 11.6 Å². The molecule has 0 saturated heterocycles. The van der Waals surface area contributed by atoms with Crippen molar-refractivity contribution < 1.29 is 4.39 Å². The lowest BCUT2D eigenvalue weighted by Gasteiger charge is -2.20. The summed E-state index contributed by atoms with van der Waals surface area (Å²) in [7, 11) is 0. The zero-order valence-electron chi connectivity index (χ0n) is 11.7. The minimum Gasteiger partial charge on any atom is -0.335 e. The quantitative estimate of drug-likeness (QED) is 0.882. The highest BCUT2D eigenvalue weighted by molar-refractivity contribution is 6.31. The van der Waals surface area contributed by atoms with Crippen LogP contribution in [0.1, 0.15) is 31.3 Å². The molecule has 3 nitrogen and oxygen atoms in total. The number of imidazole rings is 1. The van der Waals surface area contributed by atoms with Crippen LogP contribution in [0.2, 0.25) is 5.02 Å². The lowest BCUT2D eigenvalue weighted by Crippen LogP contribution is -2.25. The third-order valence-corrected chi connectivity index (χ3v) is 3.66. The highest BCUT2D eigenvalue weighted by Gasteiger charge is 2.20. The van der Waals surface area contributed by atoms with Gasteiger partial charge in [-0.3, -0.25) is 0 Å². The molecule has 108 valence electrons. The van der Waals surface area contributed by atoms with E-state index in [-0.39, 0.29) is 11.9 Å². The van der Waals surface area contributed by atoms with Gasteiger partial charge >= 0.3 is 0 Å². The number of hydrogen-bond acceptors (Lipinski definition) is 2. The Balaban J connectivity index is 2.32. The van der Waals surface area contributed by atoms with Gasteiger partial charge in [-0.2, -0.15) is 0 Å². The van der Waals surface area contributed by atoms with E-state index in [1.165, 1.54) is 6.07 Å².